The van der Waals surface area contributed by atoms with Gasteiger partial charge in [-0.2, -0.15) is 9.97 Å². The number of hydrogen-bond donors (Lipinski definition) is 3. The van der Waals surface area contributed by atoms with Crippen molar-refractivity contribution in [1.29, 1.82) is 0 Å². The highest BCUT2D eigenvalue weighted by Crippen LogP contribution is 2.23. The van der Waals surface area contributed by atoms with Crippen LogP contribution in [0.3, 0.4) is 0 Å². The fraction of sp³-hybridized carbons (Fsp3) is 0.300. The van der Waals surface area contributed by atoms with Gasteiger partial charge in [0.05, 0.1) is 6.04 Å². The summed E-state index contributed by atoms with van der Waals surface area (Å²) in [6, 6.07) is 1.77. The monoisotopic (exact) mass is 250 g/mol. The molecule has 0 spiro atoms. The van der Waals surface area contributed by atoms with Crippen LogP contribution >= 0.6 is 11.3 Å². The van der Waals surface area contributed by atoms with Gasteiger partial charge in [-0.05, 0) is 6.42 Å². The molecule has 2 aromatic heterocycles. The van der Waals surface area contributed by atoms with Crippen LogP contribution in [-0.4, -0.2) is 15.0 Å². The van der Waals surface area contributed by atoms with Crippen molar-refractivity contribution in [3.8, 4) is 0 Å². The van der Waals surface area contributed by atoms with E-state index in [1.54, 1.807) is 23.6 Å². The molecule has 2 rings (SSSR count). The molecule has 1 unspecified atom stereocenters. The molecule has 0 saturated carbocycles. The van der Waals surface area contributed by atoms with Crippen LogP contribution in [0.4, 0.5) is 17.6 Å². The minimum absolute atomic E-state index is 0.115. The van der Waals surface area contributed by atoms with Crippen molar-refractivity contribution < 1.29 is 0 Å². The summed E-state index contributed by atoms with van der Waals surface area (Å²) in [5, 5.41) is 6.21. The lowest BCUT2D eigenvalue weighted by Gasteiger charge is -2.15. The zero-order chi connectivity index (χ0) is 12.3. The second-order valence-corrected chi connectivity index (χ2v) is 4.44. The Balaban J connectivity index is 2.18. The van der Waals surface area contributed by atoms with Crippen LogP contribution in [0, 0.1) is 0 Å². The summed E-state index contributed by atoms with van der Waals surface area (Å²) in [5.74, 6) is 1.15. The summed E-state index contributed by atoms with van der Waals surface area (Å²) in [4.78, 5) is 12.2. The van der Waals surface area contributed by atoms with Crippen LogP contribution in [0.2, 0.25) is 0 Å². The van der Waals surface area contributed by atoms with Gasteiger partial charge >= 0.3 is 0 Å². The third-order valence-electron chi connectivity index (χ3n) is 2.24. The summed E-state index contributed by atoms with van der Waals surface area (Å²) in [7, 11) is 0. The Hall–Kier alpha value is -1.89. The van der Waals surface area contributed by atoms with Crippen molar-refractivity contribution in [3.63, 3.8) is 0 Å². The SMILES string of the molecule is CCC(Nc1cc(N)nc(N)n1)c1nccs1. The van der Waals surface area contributed by atoms with E-state index in [-0.39, 0.29) is 12.0 Å². The van der Waals surface area contributed by atoms with E-state index in [4.69, 9.17) is 11.5 Å². The predicted molar refractivity (Wildman–Crippen MR) is 69.6 cm³/mol. The first-order valence-corrected chi connectivity index (χ1v) is 6.13. The third kappa shape index (κ3) is 2.82. The molecule has 17 heavy (non-hydrogen) atoms. The van der Waals surface area contributed by atoms with Gasteiger partial charge in [0.2, 0.25) is 5.95 Å². The highest BCUT2D eigenvalue weighted by Gasteiger charge is 2.12. The van der Waals surface area contributed by atoms with Crippen LogP contribution in [0.1, 0.15) is 24.4 Å². The first-order chi connectivity index (χ1) is 8.19. The lowest BCUT2D eigenvalue weighted by atomic mass is 10.2. The summed E-state index contributed by atoms with van der Waals surface area (Å²) < 4.78 is 0. The molecule has 1 atom stereocenters. The Morgan fingerprint density at radius 1 is 1.41 bits per heavy atom. The molecule has 90 valence electrons. The van der Waals surface area contributed by atoms with Crippen LogP contribution < -0.4 is 16.8 Å². The molecule has 0 aliphatic heterocycles. The number of anilines is 3. The quantitative estimate of drug-likeness (QED) is 0.762. The second kappa shape index (κ2) is 4.96. The molecule has 0 saturated heterocycles. The minimum Gasteiger partial charge on any atom is -0.383 e. The maximum Gasteiger partial charge on any atom is 0.223 e. The van der Waals surface area contributed by atoms with E-state index < -0.39 is 0 Å². The van der Waals surface area contributed by atoms with Crippen LogP contribution in [0.5, 0.6) is 0 Å². The van der Waals surface area contributed by atoms with Crippen LogP contribution in [0.25, 0.3) is 0 Å². The number of nitrogens with one attached hydrogen (secondary N) is 1. The Bertz CT molecular complexity index is 463. The fourth-order valence-corrected chi connectivity index (χ4v) is 2.26. The molecule has 0 amide bonds. The summed E-state index contributed by atoms with van der Waals surface area (Å²) >= 11 is 1.60. The average Bonchev–Trinajstić information content (AvgIpc) is 2.77. The van der Waals surface area contributed by atoms with Gasteiger partial charge in [0, 0.05) is 17.6 Å². The molecule has 0 radical (unpaired) electrons. The van der Waals surface area contributed by atoms with Gasteiger partial charge in [0.15, 0.2) is 0 Å². The number of rotatable bonds is 4. The molecule has 0 fully saturated rings. The summed E-state index contributed by atoms with van der Waals surface area (Å²) in [6.07, 6.45) is 2.68. The molecular formula is C10H14N6S. The average molecular weight is 250 g/mol. The van der Waals surface area contributed by atoms with Crippen molar-refractivity contribution in [2.24, 2.45) is 0 Å². The lowest BCUT2D eigenvalue weighted by Crippen LogP contribution is -2.12. The van der Waals surface area contributed by atoms with Gasteiger partial charge in [-0.15, -0.1) is 11.3 Å². The number of hydrogen-bond acceptors (Lipinski definition) is 7. The first kappa shape index (κ1) is 11.6. The number of nitrogen functional groups attached to an aromatic ring is 2. The predicted octanol–water partition coefficient (Wildman–Crippen LogP) is 1.66. The largest absolute Gasteiger partial charge is 0.383 e. The molecule has 7 heteroatoms. The van der Waals surface area contributed by atoms with Gasteiger partial charge < -0.3 is 16.8 Å². The van der Waals surface area contributed by atoms with E-state index in [0.717, 1.165) is 11.4 Å². The van der Waals surface area contributed by atoms with Gasteiger partial charge in [-0.3, -0.25) is 0 Å². The number of nitrogens with two attached hydrogens (primary N) is 2. The maximum absolute atomic E-state index is 5.61. The van der Waals surface area contributed by atoms with Crippen LogP contribution in [0.15, 0.2) is 17.6 Å². The number of thiazole rings is 1. The van der Waals surface area contributed by atoms with Crippen molar-refractivity contribution in [3.05, 3.63) is 22.7 Å². The zero-order valence-corrected chi connectivity index (χ0v) is 10.2. The Kier molecular flexibility index (Phi) is 3.38. The molecule has 5 N–H and O–H groups in total. The van der Waals surface area contributed by atoms with E-state index in [1.165, 1.54) is 0 Å². The van der Waals surface area contributed by atoms with E-state index in [2.05, 4.69) is 27.2 Å². The van der Waals surface area contributed by atoms with Gasteiger partial charge in [-0.25, -0.2) is 4.98 Å². The molecule has 0 bridgehead atoms. The maximum atomic E-state index is 5.61. The van der Waals surface area contributed by atoms with E-state index >= 15 is 0 Å². The molecule has 6 nitrogen and oxygen atoms in total. The Morgan fingerprint density at radius 3 is 2.82 bits per heavy atom. The summed E-state index contributed by atoms with van der Waals surface area (Å²) in [6.45, 7) is 2.08. The van der Waals surface area contributed by atoms with Crippen molar-refractivity contribution >= 4 is 28.9 Å². The van der Waals surface area contributed by atoms with Gasteiger partial charge in [-0.1, -0.05) is 6.92 Å². The second-order valence-electron chi connectivity index (χ2n) is 3.51. The van der Waals surface area contributed by atoms with Crippen LogP contribution in [-0.2, 0) is 0 Å². The van der Waals surface area contributed by atoms with E-state index in [1.807, 2.05) is 5.38 Å². The Labute approximate surface area is 103 Å². The van der Waals surface area contributed by atoms with Gasteiger partial charge in [0.25, 0.3) is 0 Å². The smallest absolute Gasteiger partial charge is 0.223 e. The normalized spacial score (nSPS) is 12.3. The molecule has 0 aliphatic carbocycles. The Morgan fingerprint density at radius 2 is 2.24 bits per heavy atom. The third-order valence-corrected chi connectivity index (χ3v) is 3.13. The molecular weight excluding hydrogens is 236 g/mol. The van der Waals surface area contributed by atoms with Crippen molar-refractivity contribution in [2.75, 3.05) is 16.8 Å². The highest BCUT2D eigenvalue weighted by molar-refractivity contribution is 7.09. The van der Waals surface area contributed by atoms with E-state index in [0.29, 0.717) is 11.6 Å². The van der Waals surface area contributed by atoms with Gasteiger partial charge in [0.1, 0.15) is 16.6 Å². The molecule has 0 aliphatic rings. The molecule has 2 aromatic rings. The first-order valence-electron chi connectivity index (χ1n) is 5.25. The van der Waals surface area contributed by atoms with Crippen molar-refractivity contribution in [2.45, 2.75) is 19.4 Å². The highest BCUT2D eigenvalue weighted by atomic mass is 32.1. The molecule has 2 heterocycles. The van der Waals surface area contributed by atoms with Crippen molar-refractivity contribution in [1.82, 2.24) is 15.0 Å². The topological polar surface area (TPSA) is 103 Å². The summed E-state index contributed by atoms with van der Waals surface area (Å²) in [5.41, 5.74) is 11.2. The fourth-order valence-electron chi connectivity index (χ4n) is 1.48. The van der Waals surface area contributed by atoms with E-state index in [9.17, 15) is 0 Å². The number of aromatic nitrogens is 3. The lowest BCUT2D eigenvalue weighted by molar-refractivity contribution is 0.737. The minimum atomic E-state index is 0.115. The number of nitrogens with zero attached hydrogens (tertiary/aromatic N) is 3. The standard InChI is InChI=1S/C10H14N6S/c1-2-6(9-13-3-4-17-9)14-8-5-7(11)15-10(12)16-8/h3-6H,2H2,1H3,(H5,11,12,14,15,16). The molecule has 0 aromatic carbocycles. The zero-order valence-electron chi connectivity index (χ0n) is 9.42.